The third-order valence-corrected chi connectivity index (χ3v) is 12.7. The van der Waals surface area contributed by atoms with Gasteiger partial charge in [-0.15, -0.1) is 0 Å². The summed E-state index contributed by atoms with van der Waals surface area (Å²) in [6, 6.07) is 0. The van der Waals surface area contributed by atoms with Gasteiger partial charge in [0.1, 0.15) is 13.2 Å². The summed E-state index contributed by atoms with van der Waals surface area (Å²) >= 11 is 0. The van der Waals surface area contributed by atoms with Crippen LogP contribution in [-0.4, -0.2) is 37.2 Å². The van der Waals surface area contributed by atoms with Gasteiger partial charge in [0.15, 0.2) is 6.10 Å². The van der Waals surface area contributed by atoms with Crippen molar-refractivity contribution in [3.8, 4) is 0 Å². The van der Waals surface area contributed by atoms with E-state index in [1.165, 1.54) is 109 Å². The Kier molecular flexibility index (Phi) is 57.4. The van der Waals surface area contributed by atoms with Crippen molar-refractivity contribution in [3.63, 3.8) is 0 Å². The predicted molar refractivity (Wildman–Crippen MR) is 316 cm³/mol. The summed E-state index contributed by atoms with van der Waals surface area (Å²) in [5.41, 5.74) is 0. The molecular formula is C67H112O6. The molecule has 0 aliphatic heterocycles. The highest BCUT2D eigenvalue weighted by atomic mass is 16.6. The van der Waals surface area contributed by atoms with E-state index in [0.717, 1.165) is 128 Å². The molecule has 6 heteroatoms. The van der Waals surface area contributed by atoms with Crippen molar-refractivity contribution >= 4 is 17.9 Å². The Morgan fingerprint density at radius 1 is 0.288 bits per heavy atom. The first-order valence-corrected chi connectivity index (χ1v) is 30.4. The second-order valence-corrected chi connectivity index (χ2v) is 19.9. The Hall–Kier alpha value is -3.93. The van der Waals surface area contributed by atoms with E-state index in [0.29, 0.717) is 19.3 Å². The minimum absolute atomic E-state index is 0.0948. The highest BCUT2D eigenvalue weighted by Crippen LogP contribution is 2.14. The minimum atomic E-state index is -0.799. The lowest BCUT2D eigenvalue weighted by Gasteiger charge is -2.18. The Morgan fingerprint density at radius 2 is 0.534 bits per heavy atom. The summed E-state index contributed by atoms with van der Waals surface area (Å²) in [6.45, 7) is 6.47. The number of esters is 3. The molecule has 0 aromatic heterocycles. The summed E-state index contributed by atoms with van der Waals surface area (Å²) in [4.78, 5) is 38.2. The van der Waals surface area contributed by atoms with E-state index in [4.69, 9.17) is 14.2 Å². The SMILES string of the molecule is CC/C=C\C/C=C\C/C=C\C/C=C\C/C=C\C/C=C\CCCCCCC(=O)OCC(COC(=O)CCCCCCC/C=C\CCCCCCC)OC(=O)CCCCCCCCC/C=C\C/C=C\CCCCCC. The molecule has 0 aromatic carbocycles. The maximum Gasteiger partial charge on any atom is 0.306 e. The van der Waals surface area contributed by atoms with Crippen LogP contribution in [-0.2, 0) is 28.6 Å². The normalized spacial score (nSPS) is 12.9. The third kappa shape index (κ3) is 58.8. The topological polar surface area (TPSA) is 78.9 Å². The summed E-state index contributed by atoms with van der Waals surface area (Å²) in [5, 5.41) is 0. The molecule has 0 N–H and O–H groups in total. The maximum absolute atomic E-state index is 12.9. The van der Waals surface area contributed by atoms with Crippen molar-refractivity contribution in [2.24, 2.45) is 0 Å². The highest BCUT2D eigenvalue weighted by Gasteiger charge is 2.19. The zero-order valence-electron chi connectivity index (χ0n) is 47.6. The fraction of sp³-hybridized carbons (Fsp3) is 0.687. The van der Waals surface area contributed by atoms with Crippen LogP contribution in [0.15, 0.2) is 109 Å². The molecule has 0 saturated carbocycles. The van der Waals surface area contributed by atoms with Crippen molar-refractivity contribution < 1.29 is 28.6 Å². The number of hydrogen-bond acceptors (Lipinski definition) is 6. The largest absolute Gasteiger partial charge is 0.462 e. The zero-order valence-corrected chi connectivity index (χ0v) is 47.6. The van der Waals surface area contributed by atoms with Crippen LogP contribution in [0.1, 0.15) is 278 Å². The van der Waals surface area contributed by atoms with Gasteiger partial charge in [-0.3, -0.25) is 14.4 Å². The van der Waals surface area contributed by atoms with E-state index in [9.17, 15) is 14.4 Å². The van der Waals surface area contributed by atoms with E-state index in [1.807, 2.05) is 0 Å². The number of unbranched alkanes of at least 4 members (excludes halogenated alkanes) is 25. The molecule has 0 bridgehead atoms. The van der Waals surface area contributed by atoms with Crippen molar-refractivity contribution in [2.75, 3.05) is 13.2 Å². The zero-order chi connectivity index (χ0) is 52.9. The lowest BCUT2D eigenvalue weighted by Crippen LogP contribution is -2.30. The highest BCUT2D eigenvalue weighted by molar-refractivity contribution is 5.71. The van der Waals surface area contributed by atoms with Crippen molar-refractivity contribution in [1.29, 1.82) is 0 Å². The Balaban J connectivity index is 4.45. The molecular weight excluding hydrogens is 901 g/mol. The molecule has 0 aliphatic rings. The van der Waals surface area contributed by atoms with Crippen molar-refractivity contribution in [1.82, 2.24) is 0 Å². The van der Waals surface area contributed by atoms with Crippen LogP contribution in [0.25, 0.3) is 0 Å². The quantitative estimate of drug-likeness (QED) is 0.0261. The second kappa shape index (κ2) is 60.6. The number of rotatable bonds is 54. The van der Waals surface area contributed by atoms with Gasteiger partial charge < -0.3 is 14.2 Å². The van der Waals surface area contributed by atoms with Gasteiger partial charge >= 0.3 is 17.9 Å². The van der Waals surface area contributed by atoms with Gasteiger partial charge in [0, 0.05) is 19.3 Å². The van der Waals surface area contributed by atoms with Crippen molar-refractivity contribution in [2.45, 2.75) is 284 Å². The lowest BCUT2D eigenvalue weighted by atomic mass is 10.1. The minimum Gasteiger partial charge on any atom is -0.462 e. The van der Waals surface area contributed by atoms with Gasteiger partial charge in [-0.2, -0.15) is 0 Å². The molecule has 0 radical (unpaired) electrons. The monoisotopic (exact) mass is 1010 g/mol. The summed E-state index contributed by atoms with van der Waals surface area (Å²) < 4.78 is 16.9. The van der Waals surface area contributed by atoms with Crippen LogP contribution in [0.3, 0.4) is 0 Å². The van der Waals surface area contributed by atoms with E-state index < -0.39 is 6.10 Å². The predicted octanol–water partition coefficient (Wildman–Crippen LogP) is 20.7. The Bertz CT molecular complexity index is 1490. The molecule has 0 saturated heterocycles. The number of ether oxygens (including phenoxy) is 3. The molecule has 0 fully saturated rings. The fourth-order valence-electron chi connectivity index (χ4n) is 8.18. The first kappa shape index (κ1) is 69.1. The lowest BCUT2D eigenvalue weighted by molar-refractivity contribution is -0.167. The number of carbonyl (C=O) groups is 3. The van der Waals surface area contributed by atoms with Crippen molar-refractivity contribution in [3.05, 3.63) is 109 Å². The van der Waals surface area contributed by atoms with Gasteiger partial charge in [-0.1, -0.05) is 239 Å². The molecule has 0 spiro atoms. The molecule has 0 amide bonds. The van der Waals surface area contributed by atoms with E-state index in [2.05, 4.69) is 130 Å². The van der Waals surface area contributed by atoms with Crippen LogP contribution < -0.4 is 0 Å². The molecule has 0 aliphatic carbocycles. The summed E-state index contributed by atoms with van der Waals surface area (Å²) in [6.07, 6.45) is 82.2. The molecule has 0 heterocycles. The Labute approximate surface area is 450 Å². The first-order chi connectivity index (χ1) is 36.0. The van der Waals surface area contributed by atoms with Gasteiger partial charge in [-0.05, 0) is 128 Å². The van der Waals surface area contributed by atoms with Gasteiger partial charge in [0.25, 0.3) is 0 Å². The van der Waals surface area contributed by atoms with Gasteiger partial charge in [0.05, 0.1) is 0 Å². The number of carbonyl (C=O) groups excluding carboxylic acids is 3. The molecule has 416 valence electrons. The van der Waals surface area contributed by atoms with E-state index in [1.54, 1.807) is 0 Å². The van der Waals surface area contributed by atoms with E-state index in [-0.39, 0.29) is 31.1 Å². The Morgan fingerprint density at radius 3 is 0.863 bits per heavy atom. The molecule has 73 heavy (non-hydrogen) atoms. The summed E-state index contributed by atoms with van der Waals surface area (Å²) in [5.74, 6) is -0.933. The van der Waals surface area contributed by atoms with Crippen LogP contribution in [0.4, 0.5) is 0 Å². The standard InChI is InChI=1S/C67H112O6/c1-4-7-10-13-16-19-22-25-28-30-32-33-34-35-36-38-39-42-45-48-51-54-57-60-66(69)72-63-64(62-71-65(68)59-56-53-50-47-44-41-27-24-21-18-15-12-9-6-3)73-67(70)61-58-55-52-49-46-43-40-37-31-29-26-23-20-17-14-11-8-5-2/h7,10,16,19-20,23-25,27-29,31-33,35-36,39,42,64H,4-6,8-9,11-15,17-18,21-22,26,30,34,37-38,40-41,43-63H2,1-3H3/b10-7-,19-16-,23-20-,27-24-,28-25-,31-29-,33-32-,36-35-,42-39-. The number of hydrogen-bond donors (Lipinski definition) is 0. The average Bonchev–Trinajstić information content (AvgIpc) is 3.39. The maximum atomic E-state index is 12.9. The van der Waals surface area contributed by atoms with Crippen LogP contribution in [0, 0.1) is 0 Å². The number of allylic oxidation sites excluding steroid dienone is 18. The first-order valence-electron chi connectivity index (χ1n) is 30.4. The van der Waals surface area contributed by atoms with Crippen LogP contribution in [0.2, 0.25) is 0 Å². The smallest absolute Gasteiger partial charge is 0.306 e. The van der Waals surface area contributed by atoms with Crippen LogP contribution >= 0.6 is 0 Å². The molecule has 0 aromatic rings. The second-order valence-electron chi connectivity index (χ2n) is 19.9. The fourth-order valence-corrected chi connectivity index (χ4v) is 8.18. The molecule has 1 atom stereocenters. The van der Waals surface area contributed by atoms with E-state index >= 15 is 0 Å². The third-order valence-electron chi connectivity index (χ3n) is 12.7. The van der Waals surface area contributed by atoms with Crippen LogP contribution in [0.5, 0.6) is 0 Å². The van der Waals surface area contributed by atoms with Gasteiger partial charge in [-0.25, -0.2) is 0 Å². The molecule has 0 rings (SSSR count). The van der Waals surface area contributed by atoms with Gasteiger partial charge in [0.2, 0.25) is 0 Å². The molecule has 1 unspecified atom stereocenters. The molecule has 6 nitrogen and oxygen atoms in total. The summed E-state index contributed by atoms with van der Waals surface area (Å²) in [7, 11) is 0. The average molecular weight is 1010 g/mol.